The van der Waals surface area contributed by atoms with Gasteiger partial charge in [0.05, 0.1) is 19.9 Å². The lowest BCUT2D eigenvalue weighted by molar-refractivity contribution is 0.150. The molecule has 0 spiro atoms. The summed E-state index contributed by atoms with van der Waals surface area (Å²) in [6.07, 6.45) is 4.81. The topological polar surface area (TPSA) is 54.0 Å². The molecule has 0 bridgehead atoms. The van der Waals surface area contributed by atoms with E-state index in [4.69, 9.17) is 9.47 Å². The third kappa shape index (κ3) is 6.63. The number of hydrogen-bond donors (Lipinski definition) is 1. The predicted molar refractivity (Wildman–Crippen MR) is 130 cm³/mol. The molecule has 0 aromatic heterocycles. The maximum Gasteiger partial charge on any atom is 0.322 e. The van der Waals surface area contributed by atoms with Crippen molar-refractivity contribution in [1.82, 2.24) is 9.80 Å². The number of carbonyl (C=O) groups is 1. The van der Waals surface area contributed by atoms with Crippen molar-refractivity contribution < 1.29 is 14.3 Å². The Morgan fingerprint density at radius 3 is 2.59 bits per heavy atom. The van der Waals surface area contributed by atoms with Gasteiger partial charge >= 0.3 is 6.03 Å². The quantitative estimate of drug-likeness (QED) is 0.575. The molecule has 1 heterocycles. The Morgan fingerprint density at radius 1 is 1.12 bits per heavy atom. The van der Waals surface area contributed by atoms with E-state index in [0.717, 1.165) is 25.1 Å². The molecular formula is C26H37N3O3. The zero-order valence-corrected chi connectivity index (χ0v) is 19.9. The lowest BCUT2D eigenvalue weighted by atomic mass is 10.0. The Labute approximate surface area is 192 Å². The standard InChI is InChI=1S/C26H37N3O3/c1-20-9-11-22(12-10-20)19-29(17-7-16-28-15-6-5-8-21(28)2)26(30)27-24-14-13-23(31-3)18-25(24)32-4/h9-14,18,21H,5-8,15-17,19H2,1-4H3,(H,27,30). The van der Waals surface area contributed by atoms with Crippen molar-refractivity contribution in [3.05, 3.63) is 53.6 Å². The molecule has 0 saturated carbocycles. The lowest BCUT2D eigenvalue weighted by Gasteiger charge is -2.34. The third-order valence-corrected chi connectivity index (χ3v) is 6.25. The minimum absolute atomic E-state index is 0.124. The predicted octanol–water partition coefficient (Wildman–Crippen LogP) is 5.31. The first kappa shape index (κ1) is 23.9. The highest BCUT2D eigenvalue weighted by Gasteiger charge is 2.20. The first-order chi connectivity index (χ1) is 15.5. The first-order valence-corrected chi connectivity index (χ1v) is 11.6. The maximum absolute atomic E-state index is 13.3. The maximum atomic E-state index is 13.3. The van der Waals surface area contributed by atoms with Crippen LogP contribution in [0.1, 0.15) is 43.7 Å². The van der Waals surface area contributed by atoms with Gasteiger partial charge in [-0.2, -0.15) is 0 Å². The van der Waals surface area contributed by atoms with Gasteiger partial charge in [0.25, 0.3) is 0 Å². The highest BCUT2D eigenvalue weighted by molar-refractivity contribution is 5.91. The van der Waals surface area contributed by atoms with Crippen LogP contribution >= 0.6 is 0 Å². The molecule has 2 aromatic carbocycles. The second-order valence-corrected chi connectivity index (χ2v) is 8.64. The van der Waals surface area contributed by atoms with Gasteiger partial charge in [-0.3, -0.25) is 0 Å². The van der Waals surface area contributed by atoms with Gasteiger partial charge in [-0.1, -0.05) is 36.2 Å². The number of ether oxygens (including phenoxy) is 2. The van der Waals surface area contributed by atoms with E-state index >= 15 is 0 Å². The Bertz CT molecular complexity index is 869. The molecule has 2 amide bonds. The van der Waals surface area contributed by atoms with Crippen LogP contribution in [0, 0.1) is 6.92 Å². The van der Waals surface area contributed by atoms with E-state index in [9.17, 15) is 4.79 Å². The van der Waals surface area contributed by atoms with Crippen molar-refractivity contribution in [2.75, 3.05) is 39.2 Å². The molecule has 0 radical (unpaired) electrons. The minimum atomic E-state index is -0.124. The van der Waals surface area contributed by atoms with Crippen molar-refractivity contribution >= 4 is 11.7 Å². The molecule has 1 atom stereocenters. The van der Waals surface area contributed by atoms with Crippen LogP contribution in [-0.4, -0.2) is 55.7 Å². The normalized spacial score (nSPS) is 16.4. The Balaban J connectivity index is 1.68. The molecule has 1 aliphatic heterocycles. The number of piperidine rings is 1. The second-order valence-electron chi connectivity index (χ2n) is 8.64. The van der Waals surface area contributed by atoms with Crippen molar-refractivity contribution in [2.45, 2.75) is 52.1 Å². The van der Waals surface area contributed by atoms with Crippen LogP contribution in [0.15, 0.2) is 42.5 Å². The number of likely N-dealkylation sites (tertiary alicyclic amines) is 1. The van der Waals surface area contributed by atoms with E-state index in [1.807, 2.05) is 17.0 Å². The molecule has 6 nitrogen and oxygen atoms in total. The highest BCUT2D eigenvalue weighted by Crippen LogP contribution is 2.29. The third-order valence-electron chi connectivity index (χ3n) is 6.25. The summed E-state index contributed by atoms with van der Waals surface area (Å²) in [5, 5.41) is 3.03. The number of methoxy groups -OCH3 is 2. The van der Waals surface area contributed by atoms with Gasteiger partial charge in [-0.15, -0.1) is 0 Å². The SMILES string of the molecule is COc1ccc(NC(=O)N(CCCN2CCCCC2C)Cc2ccc(C)cc2)c(OC)c1. The summed E-state index contributed by atoms with van der Waals surface area (Å²) >= 11 is 0. The summed E-state index contributed by atoms with van der Waals surface area (Å²) in [4.78, 5) is 17.7. The summed E-state index contributed by atoms with van der Waals surface area (Å²) in [6, 6.07) is 14.3. The monoisotopic (exact) mass is 439 g/mol. The molecular weight excluding hydrogens is 402 g/mol. The first-order valence-electron chi connectivity index (χ1n) is 11.6. The largest absolute Gasteiger partial charge is 0.497 e. The lowest BCUT2D eigenvalue weighted by Crippen LogP contribution is -2.40. The number of urea groups is 1. The number of carbonyl (C=O) groups excluding carboxylic acids is 1. The van der Waals surface area contributed by atoms with E-state index in [-0.39, 0.29) is 6.03 Å². The molecule has 174 valence electrons. The number of aryl methyl sites for hydroxylation is 1. The summed E-state index contributed by atoms with van der Waals surface area (Å²) in [5.41, 5.74) is 2.97. The Morgan fingerprint density at radius 2 is 1.91 bits per heavy atom. The van der Waals surface area contributed by atoms with Crippen molar-refractivity contribution in [3.63, 3.8) is 0 Å². The van der Waals surface area contributed by atoms with Crippen molar-refractivity contribution in [1.29, 1.82) is 0 Å². The van der Waals surface area contributed by atoms with E-state index < -0.39 is 0 Å². The van der Waals surface area contributed by atoms with E-state index in [2.05, 4.69) is 48.3 Å². The summed E-state index contributed by atoms with van der Waals surface area (Å²) in [5.74, 6) is 1.27. The molecule has 3 rings (SSSR count). The average molecular weight is 440 g/mol. The number of amides is 2. The Kier molecular flexibility index (Phi) is 8.80. The fourth-order valence-electron chi connectivity index (χ4n) is 4.22. The number of rotatable bonds is 9. The van der Waals surface area contributed by atoms with E-state index in [1.165, 1.54) is 24.8 Å². The van der Waals surface area contributed by atoms with Crippen LogP contribution in [0.3, 0.4) is 0 Å². The molecule has 0 aliphatic carbocycles. The smallest absolute Gasteiger partial charge is 0.322 e. The van der Waals surface area contributed by atoms with E-state index in [1.54, 1.807) is 20.3 Å². The summed E-state index contributed by atoms with van der Waals surface area (Å²) in [6.45, 7) is 7.83. The van der Waals surface area contributed by atoms with Gasteiger partial charge in [0, 0.05) is 31.7 Å². The second kappa shape index (κ2) is 11.8. The number of hydrogen-bond acceptors (Lipinski definition) is 4. The number of anilines is 1. The Hall–Kier alpha value is -2.73. The van der Waals surface area contributed by atoms with Crippen LogP contribution in [0.4, 0.5) is 10.5 Å². The van der Waals surface area contributed by atoms with Gasteiger partial charge in [-0.25, -0.2) is 4.79 Å². The molecule has 2 aromatic rings. The molecule has 1 N–H and O–H groups in total. The molecule has 1 aliphatic rings. The zero-order valence-electron chi connectivity index (χ0n) is 19.9. The number of nitrogens with one attached hydrogen (secondary N) is 1. The molecule has 32 heavy (non-hydrogen) atoms. The molecule has 1 unspecified atom stereocenters. The highest BCUT2D eigenvalue weighted by atomic mass is 16.5. The minimum Gasteiger partial charge on any atom is -0.497 e. The van der Waals surface area contributed by atoms with Gasteiger partial charge in [0.2, 0.25) is 0 Å². The van der Waals surface area contributed by atoms with Gasteiger partial charge in [-0.05, 0) is 57.4 Å². The van der Waals surface area contributed by atoms with Gasteiger partial charge < -0.3 is 24.6 Å². The van der Waals surface area contributed by atoms with Gasteiger partial charge in [0.1, 0.15) is 11.5 Å². The van der Waals surface area contributed by atoms with Crippen molar-refractivity contribution in [3.8, 4) is 11.5 Å². The molecule has 1 saturated heterocycles. The van der Waals surface area contributed by atoms with Crippen LogP contribution < -0.4 is 14.8 Å². The van der Waals surface area contributed by atoms with Gasteiger partial charge in [0.15, 0.2) is 0 Å². The van der Waals surface area contributed by atoms with Crippen LogP contribution in [0.5, 0.6) is 11.5 Å². The molecule has 1 fully saturated rings. The van der Waals surface area contributed by atoms with Crippen LogP contribution in [0.25, 0.3) is 0 Å². The van der Waals surface area contributed by atoms with Crippen LogP contribution in [-0.2, 0) is 6.54 Å². The number of nitrogens with zero attached hydrogens (tertiary/aromatic N) is 2. The van der Waals surface area contributed by atoms with E-state index in [0.29, 0.717) is 36.3 Å². The number of benzene rings is 2. The van der Waals surface area contributed by atoms with Crippen LogP contribution in [0.2, 0.25) is 0 Å². The summed E-state index contributed by atoms with van der Waals surface area (Å²) in [7, 11) is 3.20. The summed E-state index contributed by atoms with van der Waals surface area (Å²) < 4.78 is 10.7. The average Bonchev–Trinajstić information content (AvgIpc) is 2.81. The zero-order chi connectivity index (χ0) is 22.9. The molecule has 6 heteroatoms. The fourth-order valence-corrected chi connectivity index (χ4v) is 4.22. The van der Waals surface area contributed by atoms with Crippen molar-refractivity contribution in [2.24, 2.45) is 0 Å². The fraction of sp³-hybridized carbons (Fsp3) is 0.500.